The van der Waals surface area contributed by atoms with Gasteiger partial charge in [-0.3, -0.25) is 4.79 Å². The van der Waals surface area contributed by atoms with E-state index in [-0.39, 0.29) is 29.5 Å². The molecule has 3 aromatic rings. The number of hydrogen-bond donors (Lipinski definition) is 1. The summed E-state index contributed by atoms with van der Waals surface area (Å²) in [6, 6.07) is 17.0. The number of rotatable bonds is 4. The number of carbonyl (C=O) groups excluding carboxylic acids is 1. The molecular weight excluding hydrogens is 378 g/mol. The fraction of sp³-hybridized carbons (Fsp3) is 0.250. The van der Waals surface area contributed by atoms with Gasteiger partial charge in [-0.2, -0.15) is 0 Å². The van der Waals surface area contributed by atoms with Crippen LogP contribution in [0.3, 0.4) is 0 Å². The molecule has 0 spiro atoms. The summed E-state index contributed by atoms with van der Waals surface area (Å²) >= 11 is 0. The largest absolute Gasteiger partial charge is 0.493 e. The zero-order valence-corrected chi connectivity index (χ0v) is 15.8. The fourth-order valence-corrected chi connectivity index (χ4v) is 5.20. The van der Waals surface area contributed by atoms with Gasteiger partial charge in [0.25, 0.3) is 5.91 Å². The summed E-state index contributed by atoms with van der Waals surface area (Å²) < 4.78 is 24.8. The van der Waals surface area contributed by atoms with E-state index >= 15 is 0 Å². The number of azo groups is 1. The number of carbonyl (C=O) groups is 1. The number of aromatic hydroxyl groups is 1. The maximum atomic E-state index is 12.2. The predicted molar refractivity (Wildman–Crippen MR) is 105 cm³/mol. The predicted octanol–water partition coefficient (Wildman–Crippen LogP) is 3.44. The quantitative estimate of drug-likeness (QED) is 0.681. The second-order valence-electron chi connectivity index (χ2n) is 6.90. The number of sulfone groups is 1. The number of fused-ring (bicyclic) bond motifs is 1. The average molecular weight is 397 g/mol. The van der Waals surface area contributed by atoms with E-state index in [0.717, 1.165) is 11.1 Å². The van der Waals surface area contributed by atoms with Gasteiger partial charge in [-0.05, 0) is 18.1 Å². The SMILES string of the molecule is O=C(N=Nc1c(O)n(Cc2ccccc2)c2ccccc12)[C@H]1CCS(=O)(=O)C1. The molecule has 1 aromatic heterocycles. The van der Waals surface area contributed by atoms with Crippen LogP contribution in [0.15, 0.2) is 64.8 Å². The van der Waals surface area contributed by atoms with Crippen molar-refractivity contribution in [2.75, 3.05) is 11.5 Å². The summed E-state index contributed by atoms with van der Waals surface area (Å²) in [7, 11) is -3.17. The van der Waals surface area contributed by atoms with Crippen LogP contribution in [0.5, 0.6) is 5.88 Å². The molecule has 1 saturated heterocycles. The van der Waals surface area contributed by atoms with Crippen LogP contribution in [0.25, 0.3) is 10.9 Å². The van der Waals surface area contributed by atoms with Crippen molar-refractivity contribution < 1.29 is 18.3 Å². The van der Waals surface area contributed by atoms with E-state index in [4.69, 9.17) is 0 Å². The Morgan fingerprint density at radius 3 is 2.54 bits per heavy atom. The Balaban J connectivity index is 1.68. The van der Waals surface area contributed by atoms with Gasteiger partial charge in [-0.15, -0.1) is 10.2 Å². The van der Waals surface area contributed by atoms with Crippen LogP contribution in [0.2, 0.25) is 0 Å². The molecule has 0 radical (unpaired) electrons. The Hall–Kier alpha value is -3.00. The third kappa shape index (κ3) is 3.55. The lowest BCUT2D eigenvalue weighted by molar-refractivity contribution is -0.121. The van der Waals surface area contributed by atoms with Gasteiger partial charge in [-0.25, -0.2) is 8.42 Å². The van der Waals surface area contributed by atoms with E-state index in [0.29, 0.717) is 11.9 Å². The van der Waals surface area contributed by atoms with Crippen LogP contribution in [-0.2, 0) is 21.2 Å². The van der Waals surface area contributed by atoms with Gasteiger partial charge in [0.05, 0.1) is 29.5 Å². The number of para-hydroxylation sites is 1. The second-order valence-corrected chi connectivity index (χ2v) is 9.13. The molecule has 1 aliphatic rings. The van der Waals surface area contributed by atoms with Crippen molar-refractivity contribution >= 4 is 32.3 Å². The first-order valence-electron chi connectivity index (χ1n) is 8.95. The topological polar surface area (TPSA) is 101 Å². The highest BCUT2D eigenvalue weighted by molar-refractivity contribution is 7.91. The number of benzene rings is 2. The van der Waals surface area contributed by atoms with Crippen molar-refractivity contribution in [1.29, 1.82) is 0 Å². The van der Waals surface area contributed by atoms with Crippen LogP contribution in [0, 0.1) is 5.92 Å². The number of amides is 1. The first kappa shape index (κ1) is 18.4. The van der Waals surface area contributed by atoms with Crippen molar-refractivity contribution in [3.05, 3.63) is 60.2 Å². The molecule has 0 unspecified atom stereocenters. The van der Waals surface area contributed by atoms with Gasteiger partial charge >= 0.3 is 0 Å². The molecule has 2 heterocycles. The maximum absolute atomic E-state index is 12.2. The summed E-state index contributed by atoms with van der Waals surface area (Å²) in [6.45, 7) is 0.442. The van der Waals surface area contributed by atoms with E-state index in [1.165, 1.54) is 0 Å². The molecule has 28 heavy (non-hydrogen) atoms. The van der Waals surface area contributed by atoms with Crippen LogP contribution >= 0.6 is 0 Å². The first-order chi connectivity index (χ1) is 13.4. The summed E-state index contributed by atoms with van der Waals surface area (Å²) in [5.74, 6) is -1.50. The zero-order valence-electron chi connectivity index (χ0n) is 15.0. The third-order valence-electron chi connectivity index (χ3n) is 4.93. The van der Waals surface area contributed by atoms with Crippen LogP contribution < -0.4 is 0 Å². The molecule has 1 aliphatic heterocycles. The van der Waals surface area contributed by atoms with E-state index in [9.17, 15) is 18.3 Å². The van der Waals surface area contributed by atoms with Crippen LogP contribution in [0.1, 0.15) is 12.0 Å². The van der Waals surface area contributed by atoms with Crippen LogP contribution in [-0.4, -0.2) is 35.5 Å². The number of aromatic nitrogens is 1. The molecule has 144 valence electrons. The molecule has 1 N–H and O–H groups in total. The molecule has 8 heteroatoms. The second kappa shape index (κ2) is 7.20. The molecule has 2 aromatic carbocycles. The highest BCUT2D eigenvalue weighted by Gasteiger charge is 2.33. The summed E-state index contributed by atoms with van der Waals surface area (Å²) in [4.78, 5) is 12.2. The Kier molecular flexibility index (Phi) is 4.72. The highest BCUT2D eigenvalue weighted by atomic mass is 32.2. The Morgan fingerprint density at radius 2 is 1.82 bits per heavy atom. The Bertz CT molecular complexity index is 1170. The number of hydrogen-bond acceptors (Lipinski definition) is 5. The Labute approximate surface area is 162 Å². The third-order valence-corrected chi connectivity index (χ3v) is 6.70. The molecule has 1 amide bonds. The van der Waals surface area contributed by atoms with Gasteiger partial charge in [0.15, 0.2) is 15.5 Å². The van der Waals surface area contributed by atoms with E-state index in [1.54, 1.807) is 10.6 Å². The molecule has 1 atom stereocenters. The van der Waals surface area contributed by atoms with E-state index in [1.807, 2.05) is 48.5 Å². The lowest BCUT2D eigenvalue weighted by Gasteiger charge is -2.06. The van der Waals surface area contributed by atoms with Crippen LogP contribution in [0.4, 0.5) is 5.69 Å². The molecule has 0 saturated carbocycles. The smallest absolute Gasteiger partial charge is 0.268 e. The summed E-state index contributed by atoms with van der Waals surface area (Å²) in [5.41, 5.74) is 1.99. The minimum atomic E-state index is -3.17. The van der Waals surface area contributed by atoms with Crippen molar-refractivity contribution in [3.8, 4) is 5.88 Å². The van der Waals surface area contributed by atoms with Gasteiger partial charge in [-0.1, -0.05) is 48.5 Å². The first-order valence-corrected chi connectivity index (χ1v) is 10.8. The van der Waals surface area contributed by atoms with Gasteiger partial charge in [0.2, 0.25) is 5.88 Å². The van der Waals surface area contributed by atoms with Gasteiger partial charge in [0, 0.05) is 5.39 Å². The lowest BCUT2D eigenvalue weighted by atomic mass is 10.1. The minimum Gasteiger partial charge on any atom is -0.493 e. The monoisotopic (exact) mass is 397 g/mol. The number of nitrogens with zero attached hydrogens (tertiary/aromatic N) is 3. The van der Waals surface area contributed by atoms with Crippen molar-refractivity contribution in [3.63, 3.8) is 0 Å². The normalized spacial score (nSPS) is 18.8. The highest BCUT2D eigenvalue weighted by Crippen LogP contribution is 2.39. The molecule has 1 fully saturated rings. The fourth-order valence-electron chi connectivity index (χ4n) is 3.47. The minimum absolute atomic E-state index is 0.000555. The van der Waals surface area contributed by atoms with Crippen molar-refractivity contribution in [1.82, 2.24) is 4.57 Å². The molecule has 0 bridgehead atoms. The zero-order chi connectivity index (χ0) is 19.7. The molecule has 7 nitrogen and oxygen atoms in total. The lowest BCUT2D eigenvalue weighted by Crippen LogP contribution is -2.13. The van der Waals surface area contributed by atoms with Gasteiger partial charge < -0.3 is 9.67 Å². The summed E-state index contributed by atoms with van der Waals surface area (Å²) in [6.07, 6.45) is 0.266. The van der Waals surface area contributed by atoms with E-state index in [2.05, 4.69) is 10.2 Å². The standard InChI is InChI=1S/C20H19N3O4S/c24-19(15-10-11-28(26,27)13-15)22-21-18-16-8-4-5-9-17(16)23(20(18)25)12-14-6-2-1-3-7-14/h1-9,15,25H,10-13H2/t15-/m0/s1. The van der Waals surface area contributed by atoms with Gasteiger partial charge in [0.1, 0.15) is 0 Å². The average Bonchev–Trinajstić information content (AvgIpc) is 3.18. The van der Waals surface area contributed by atoms with Crippen molar-refractivity contribution in [2.45, 2.75) is 13.0 Å². The summed E-state index contributed by atoms with van der Waals surface area (Å²) in [5, 5.41) is 19.1. The maximum Gasteiger partial charge on any atom is 0.268 e. The van der Waals surface area contributed by atoms with Crippen molar-refractivity contribution in [2.24, 2.45) is 16.1 Å². The molecule has 4 rings (SSSR count). The Morgan fingerprint density at radius 1 is 1.11 bits per heavy atom. The van der Waals surface area contributed by atoms with E-state index < -0.39 is 21.7 Å². The molecule has 0 aliphatic carbocycles. The molecular formula is C20H19N3O4S.